The third-order valence-corrected chi connectivity index (χ3v) is 4.21. The highest BCUT2D eigenvalue weighted by molar-refractivity contribution is 14.1. The Morgan fingerprint density at radius 3 is 2.86 bits per heavy atom. The molecule has 0 aliphatic heterocycles. The fraction of sp³-hybridized carbons (Fsp3) is 0. The zero-order valence-corrected chi connectivity index (χ0v) is 10.7. The van der Waals surface area contributed by atoms with E-state index >= 15 is 0 Å². The molecule has 0 aliphatic rings. The summed E-state index contributed by atoms with van der Waals surface area (Å²) >= 11 is 7.72. The lowest BCUT2D eigenvalue weighted by atomic mass is 10.2. The molecule has 1 aromatic heterocycles. The fourth-order valence-electron chi connectivity index (χ4n) is 1.29. The van der Waals surface area contributed by atoms with E-state index in [1.165, 1.54) is 11.3 Å². The predicted molar refractivity (Wildman–Crippen MR) is 68.8 cm³/mol. The minimum atomic E-state index is -0.912. The fourth-order valence-corrected chi connectivity index (χ4v) is 3.71. The second-order valence-electron chi connectivity index (χ2n) is 2.70. The third-order valence-electron chi connectivity index (χ3n) is 1.86. The first kappa shape index (κ1) is 10.3. The number of hydrogen-bond donors (Lipinski definition) is 2. The first-order valence-corrected chi connectivity index (χ1v) is 6.09. The summed E-state index contributed by atoms with van der Waals surface area (Å²) in [6.07, 6.45) is 0. The molecule has 14 heavy (non-hydrogen) atoms. The molecule has 0 unspecified atom stereocenters. The minimum Gasteiger partial charge on any atom is -0.478 e. The summed E-state index contributed by atoms with van der Waals surface area (Å²) in [7, 11) is 0. The standard InChI is InChI=1S/C9H5IO2S2/c10-4-2-1-3-5-6(4)7(8(11)12)9(13)14-5/h1-3,13H,(H,11,12). The molecule has 0 amide bonds. The van der Waals surface area contributed by atoms with E-state index in [1.54, 1.807) is 0 Å². The number of halogens is 1. The Balaban J connectivity index is 2.93. The number of carboxylic acids is 1. The number of carbonyl (C=O) groups is 1. The van der Waals surface area contributed by atoms with Crippen molar-refractivity contribution >= 4 is 62.6 Å². The van der Waals surface area contributed by atoms with E-state index in [-0.39, 0.29) is 0 Å². The van der Waals surface area contributed by atoms with Crippen LogP contribution in [0.3, 0.4) is 0 Å². The van der Waals surface area contributed by atoms with Gasteiger partial charge in [0.05, 0.1) is 9.77 Å². The monoisotopic (exact) mass is 336 g/mol. The summed E-state index contributed by atoms with van der Waals surface area (Å²) in [6, 6.07) is 5.73. The molecule has 0 saturated heterocycles. The predicted octanol–water partition coefficient (Wildman–Crippen LogP) is 3.49. The maximum absolute atomic E-state index is 11.0. The molecule has 0 atom stereocenters. The Morgan fingerprint density at radius 1 is 1.50 bits per heavy atom. The van der Waals surface area contributed by atoms with E-state index in [9.17, 15) is 4.79 Å². The van der Waals surface area contributed by atoms with Crippen molar-refractivity contribution in [1.82, 2.24) is 0 Å². The number of fused-ring (bicyclic) bond motifs is 1. The van der Waals surface area contributed by atoms with E-state index in [0.717, 1.165) is 13.7 Å². The lowest BCUT2D eigenvalue weighted by Gasteiger charge is -1.96. The molecule has 0 aliphatic carbocycles. The largest absolute Gasteiger partial charge is 0.478 e. The third kappa shape index (κ3) is 1.53. The van der Waals surface area contributed by atoms with Gasteiger partial charge in [0.2, 0.25) is 0 Å². The maximum atomic E-state index is 11.0. The quantitative estimate of drug-likeness (QED) is 0.618. The molecule has 2 nitrogen and oxygen atoms in total. The Hall–Kier alpha value is -0.270. The molecule has 2 rings (SSSR count). The van der Waals surface area contributed by atoms with Crippen molar-refractivity contribution in [2.75, 3.05) is 0 Å². The Morgan fingerprint density at radius 2 is 2.21 bits per heavy atom. The van der Waals surface area contributed by atoms with Gasteiger partial charge in [-0.05, 0) is 34.7 Å². The Bertz CT molecular complexity index is 519. The second-order valence-corrected chi connectivity index (χ2v) is 5.66. The molecule has 2 aromatic rings. The summed E-state index contributed by atoms with van der Waals surface area (Å²) < 4.78 is 2.49. The van der Waals surface area contributed by atoms with Crippen LogP contribution in [0, 0.1) is 3.57 Å². The number of benzene rings is 1. The van der Waals surface area contributed by atoms with Crippen LogP contribution < -0.4 is 0 Å². The van der Waals surface area contributed by atoms with Crippen LogP contribution in [-0.2, 0) is 0 Å². The van der Waals surface area contributed by atoms with E-state index in [4.69, 9.17) is 5.11 Å². The van der Waals surface area contributed by atoms with Crippen LogP contribution in [0.2, 0.25) is 0 Å². The number of carboxylic acid groups (broad SMARTS) is 1. The van der Waals surface area contributed by atoms with Crippen molar-refractivity contribution in [3.05, 3.63) is 27.3 Å². The van der Waals surface area contributed by atoms with Crippen LogP contribution in [0.5, 0.6) is 0 Å². The van der Waals surface area contributed by atoms with Gasteiger partial charge in [0.25, 0.3) is 0 Å². The summed E-state index contributed by atoms with van der Waals surface area (Å²) in [5, 5.41) is 9.83. The van der Waals surface area contributed by atoms with E-state index in [2.05, 4.69) is 35.2 Å². The zero-order valence-electron chi connectivity index (χ0n) is 6.82. The lowest BCUT2D eigenvalue weighted by Crippen LogP contribution is -1.96. The van der Waals surface area contributed by atoms with Crippen LogP contribution in [-0.4, -0.2) is 11.1 Å². The second kappa shape index (κ2) is 3.71. The van der Waals surface area contributed by atoms with Gasteiger partial charge in [0, 0.05) is 13.7 Å². The smallest absolute Gasteiger partial charge is 0.338 e. The Kier molecular flexibility index (Phi) is 2.72. The molecule has 1 heterocycles. The van der Waals surface area contributed by atoms with Gasteiger partial charge in [-0.1, -0.05) is 6.07 Å². The number of rotatable bonds is 1. The van der Waals surface area contributed by atoms with Crippen molar-refractivity contribution < 1.29 is 9.90 Å². The van der Waals surface area contributed by atoms with Crippen molar-refractivity contribution in [3.8, 4) is 0 Å². The SMILES string of the molecule is O=C(O)c1c(S)sc2cccc(I)c12. The van der Waals surface area contributed by atoms with Gasteiger partial charge in [-0.25, -0.2) is 4.79 Å². The van der Waals surface area contributed by atoms with Crippen LogP contribution in [0.4, 0.5) is 0 Å². The average molecular weight is 336 g/mol. The van der Waals surface area contributed by atoms with Crippen LogP contribution in [0.15, 0.2) is 22.4 Å². The van der Waals surface area contributed by atoms with Crippen molar-refractivity contribution in [3.63, 3.8) is 0 Å². The first-order valence-electron chi connectivity index (χ1n) is 3.74. The molecular weight excluding hydrogens is 331 g/mol. The molecule has 1 aromatic carbocycles. The molecule has 0 saturated carbocycles. The summed E-state index contributed by atoms with van der Waals surface area (Å²) in [4.78, 5) is 11.0. The zero-order chi connectivity index (χ0) is 10.3. The van der Waals surface area contributed by atoms with E-state index in [0.29, 0.717) is 9.77 Å². The van der Waals surface area contributed by atoms with Gasteiger partial charge < -0.3 is 5.11 Å². The molecule has 72 valence electrons. The number of thiophene rings is 1. The maximum Gasteiger partial charge on any atom is 0.338 e. The van der Waals surface area contributed by atoms with Crippen LogP contribution >= 0.6 is 46.6 Å². The average Bonchev–Trinajstić information content (AvgIpc) is 2.42. The van der Waals surface area contributed by atoms with Gasteiger partial charge in [-0.3, -0.25) is 0 Å². The minimum absolute atomic E-state index is 0.318. The number of hydrogen-bond acceptors (Lipinski definition) is 3. The van der Waals surface area contributed by atoms with Gasteiger partial charge >= 0.3 is 5.97 Å². The highest BCUT2D eigenvalue weighted by Gasteiger charge is 2.17. The molecule has 1 N–H and O–H groups in total. The van der Waals surface area contributed by atoms with E-state index < -0.39 is 5.97 Å². The highest BCUT2D eigenvalue weighted by Crippen LogP contribution is 2.36. The van der Waals surface area contributed by atoms with Crippen LogP contribution in [0.25, 0.3) is 10.1 Å². The number of aromatic carboxylic acids is 1. The van der Waals surface area contributed by atoms with Gasteiger partial charge in [0.15, 0.2) is 0 Å². The summed E-state index contributed by atoms with van der Waals surface area (Å²) in [6.45, 7) is 0. The topological polar surface area (TPSA) is 37.3 Å². The molecule has 0 spiro atoms. The highest BCUT2D eigenvalue weighted by atomic mass is 127. The molecular formula is C9H5IO2S2. The molecule has 5 heteroatoms. The van der Waals surface area contributed by atoms with Gasteiger partial charge in [-0.2, -0.15) is 0 Å². The van der Waals surface area contributed by atoms with Crippen molar-refractivity contribution in [2.24, 2.45) is 0 Å². The van der Waals surface area contributed by atoms with E-state index in [1.807, 2.05) is 18.2 Å². The molecule has 0 fully saturated rings. The van der Waals surface area contributed by atoms with Crippen molar-refractivity contribution in [1.29, 1.82) is 0 Å². The first-order chi connectivity index (χ1) is 6.61. The molecule has 0 bridgehead atoms. The van der Waals surface area contributed by atoms with Gasteiger partial charge in [0.1, 0.15) is 0 Å². The Labute approximate surface area is 103 Å². The summed E-state index contributed by atoms with van der Waals surface area (Å²) in [5.74, 6) is -0.912. The summed E-state index contributed by atoms with van der Waals surface area (Å²) in [5.41, 5.74) is 0.318. The van der Waals surface area contributed by atoms with Crippen LogP contribution in [0.1, 0.15) is 10.4 Å². The molecule has 0 radical (unpaired) electrons. The van der Waals surface area contributed by atoms with Crippen molar-refractivity contribution in [2.45, 2.75) is 4.21 Å². The van der Waals surface area contributed by atoms with Gasteiger partial charge in [-0.15, -0.1) is 24.0 Å². The number of thiol groups is 1. The lowest BCUT2D eigenvalue weighted by molar-refractivity contribution is 0.0696. The normalized spacial score (nSPS) is 10.7.